The summed E-state index contributed by atoms with van der Waals surface area (Å²) in [7, 11) is 0. The Balaban J connectivity index is 1.76. The van der Waals surface area contributed by atoms with Crippen LogP contribution in [0.4, 0.5) is 0 Å². The molecule has 5 atom stereocenters. The summed E-state index contributed by atoms with van der Waals surface area (Å²) in [5.41, 5.74) is 0.238. The van der Waals surface area contributed by atoms with E-state index in [9.17, 15) is 40.9 Å². The molecule has 1 fully saturated rings. The van der Waals surface area contributed by atoms with E-state index in [0.29, 0.717) is 0 Å². The van der Waals surface area contributed by atoms with Gasteiger partial charge in [-0.15, -0.1) is 0 Å². The molecule has 2 heterocycles. The molecule has 4 rings (SSSR count). The van der Waals surface area contributed by atoms with Crippen LogP contribution in [-0.2, 0) is 9.47 Å². The Bertz CT molecular complexity index is 1010. The zero-order chi connectivity index (χ0) is 22.4. The Morgan fingerprint density at radius 3 is 2.16 bits per heavy atom. The third-order valence-electron chi connectivity index (χ3n) is 5.04. The number of aliphatic hydroxyl groups excluding tert-OH is 3. The molecule has 0 radical (unpaired) electrons. The summed E-state index contributed by atoms with van der Waals surface area (Å²) in [5, 5.41) is 78.7. The molecule has 0 amide bonds. The minimum Gasteiger partial charge on any atom is -0.508 e. The monoisotopic (exact) mass is 436 g/mol. The number of fused-ring (bicyclic) bond motifs is 1. The molecular weight excluding hydrogens is 416 g/mol. The normalized spacial score (nSPS) is 27.3. The Morgan fingerprint density at radius 1 is 0.871 bits per heavy atom. The maximum atomic E-state index is 10.2. The number of rotatable bonds is 4. The van der Waals surface area contributed by atoms with Gasteiger partial charge in [-0.25, -0.2) is 0 Å². The van der Waals surface area contributed by atoms with Crippen LogP contribution >= 0.6 is 0 Å². The second kappa shape index (κ2) is 7.71. The summed E-state index contributed by atoms with van der Waals surface area (Å²) in [4.78, 5) is 0. The smallest absolute Gasteiger partial charge is 0.228 e. The topological polar surface area (TPSA) is 190 Å². The highest BCUT2D eigenvalue weighted by Gasteiger charge is 2.45. The van der Waals surface area contributed by atoms with Crippen molar-refractivity contribution in [1.82, 2.24) is 0 Å². The van der Waals surface area contributed by atoms with E-state index >= 15 is 0 Å². The molecule has 2 aliphatic rings. The minimum absolute atomic E-state index is 0.0445. The van der Waals surface area contributed by atoms with Crippen molar-refractivity contribution >= 4 is 6.08 Å². The summed E-state index contributed by atoms with van der Waals surface area (Å²) < 4.78 is 16.8. The largest absolute Gasteiger partial charge is 0.508 e. The second-order valence-corrected chi connectivity index (χ2v) is 7.15. The average Bonchev–Trinajstić information content (AvgIpc) is 2.99. The number of aliphatic hydroxyl groups is 3. The molecule has 0 saturated carbocycles. The SMILES string of the molecule is OC[C@@H]1O[C@@H](OC2=Cc3c(O)cc(O)cc3OC2c2cc(O)c(O)c(O)c2)[C@@H](O)[C@@H]1O. The first-order valence-corrected chi connectivity index (χ1v) is 9.17. The van der Waals surface area contributed by atoms with Crippen LogP contribution in [0.25, 0.3) is 6.08 Å². The lowest BCUT2D eigenvalue weighted by molar-refractivity contribution is -0.154. The standard InChI is InChI=1S/C20H20O11/c21-6-15-17(27)18(28)20(31-15)30-14-5-9-10(23)3-8(22)4-13(9)29-19(14)7-1-11(24)16(26)12(25)2-7/h1-5,15,17-28H,6H2/t15-,17+,18-,19?,20+/m0/s1. The van der Waals surface area contributed by atoms with Gasteiger partial charge in [0.15, 0.2) is 23.4 Å². The number of benzene rings is 2. The van der Waals surface area contributed by atoms with E-state index in [-0.39, 0.29) is 34.1 Å². The number of hydrogen-bond acceptors (Lipinski definition) is 11. The Hall–Kier alpha value is -3.38. The van der Waals surface area contributed by atoms with Gasteiger partial charge >= 0.3 is 0 Å². The molecule has 0 spiro atoms. The van der Waals surface area contributed by atoms with Gasteiger partial charge < -0.3 is 55.1 Å². The van der Waals surface area contributed by atoms with Crippen LogP contribution < -0.4 is 4.74 Å². The van der Waals surface area contributed by atoms with Gasteiger partial charge in [0.2, 0.25) is 6.29 Å². The van der Waals surface area contributed by atoms with Crippen LogP contribution in [0.15, 0.2) is 30.0 Å². The van der Waals surface area contributed by atoms with Crippen molar-refractivity contribution in [2.75, 3.05) is 6.61 Å². The molecule has 0 bridgehead atoms. The van der Waals surface area contributed by atoms with Crippen LogP contribution in [-0.4, -0.2) is 72.1 Å². The van der Waals surface area contributed by atoms with E-state index in [1.54, 1.807) is 0 Å². The van der Waals surface area contributed by atoms with Gasteiger partial charge in [-0.05, 0) is 18.2 Å². The van der Waals surface area contributed by atoms with Crippen LogP contribution in [0.1, 0.15) is 17.2 Å². The van der Waals surface area contributed by atoms with E-state index in [1.807, 2.05) is 0 Å². The lowest BCUT2D eigenvalue weighted by Crippen LogP contribution is -2.35. The van der Waals surface area contributed by atoms with Crippen molar-refractivity contribution in [3.63, 3.8) is 0 Å². The van der Waals surface area contributed by atoms with Crippen LogP contribution in [0.3, 0.4) is 0 Å². The number of phenols is 5. The predicted octanol–water partition coefficient (Wildman–Crippen LogP) is 0.145. The number of ether oxygens (including phenoxy) is 3. The van der Waals surface area contributed by atoms with Crippen molar-refractivity contribution in [1.29, 1.82) is 0 Å². The second-order valence-electron chi connectivity index (χ2n) is 7.15. The van der Waals surface area contributed by atoms with Crippen LogP contribution in [0.5, 0.6) is 34.5 Å². The molecule has 2 aromatic carbocycles. The fraction of sp³-hybridized carbons (Fsp3) is 0.300. The summed E-state index contributed by atoms with van der Waals surface area (Å²) in [5.74, 6) is -2.67. The Kier molecular flexibility index (Phi) is 5.19. The molecule has 1 saturated heterocycles. The zero-order valence-electron chi connectivity index (χ0n) is 15.8. The lowest BCUT2D eigenvalue weighted by Gasteiger charge is -2.30. The highest BCUT2D eigenvalue weighted by molar-refractivity contribution is 5.70. The van der Waals surface area contributed by atoms with E-state index in [0.717, 1.165) is 18.2 Å². The van der Waals surface area contributed by atoms with Crippen LogP contribution in [0.2, 0.25) is 0 Å². The van der Waals surface area contributed by atoms with Crippen molar-refractivity contribution < 1.29 is 55.1 Å². The van der Waals surface area contributed by atoms with E-state index in [1.165, 1.54) is 12.1 Å². The third kappa shape index (κ3) is 3.64. The summed E-state index contributed by atoms with van der Waals surface area (Å²) in [6.07, 6.45) is -5.30. The third-order valence-corrected chi connectivity index (χ3v) is 5.04. The van der Waals surface area contributed by atoms with Crippen molar-refractivity contribution in [3.8, 4) is 34.5 Å². The van der Waals surface area contributed by atoms with E-state index in [4.69, 9.17) is 14.2 Å². The molecule has 11 nitrogen and oxygen atoms in total. The van der Waals surface area contributed by atoms with E-state index < -0.39 is 54.6 Å². The van der Waals surface area contributed by atoms with Crippen molar-refractivity contribution in [2.45, 2.75) is 30.7 Å². The van der Waals surface area contributed by atoms with Gasteiger partial charge in [0.05, 0.1) is 12.2 Å². The molecule has 2 aliphatic heterocycles. The van der Waals surface area contributed by atoms with Crippen molar-refractivity contribution in [2.24, 2.45) is 0 Å². The number of aromatic hydroxyl groups is 5. The average molecular weight is 436 g/mol. The molecular formula is C20H20O11. The molecule has 0 aliphatic carbocycles. The molecule has 0 aromatic heterocycles. The Labute approximate surface area is 174 Å². The minimum atomic E-state index is -1.52. The first kappa shape index (κ1) is 20.9. The highest BCUT2D eigenvalue weighted by Crippen LogP contribution is 2.46. The van der Waals surface area contributed by atoms with Gasteiger partial charge in [-0.1, -0.05) is 0 Å². The van der Waals surface area contributed by atoms with Crippen molar-refractivity contribution in [3.05, 3.63) is 41.2 Å². The van der Waals surface area contributed by atoms with Gasteiger partial charge in [0.1, 0.15) is 41.3 Å². The first-order valence-electron chi connectivity index (χ1n) is 9.17. The quantitative estimate of drug-likeness (QED) is 0.304. The maximum Gasteiger partial charge on any atom is 0.228 e. The Morgan fingerprint density at radius 2 is 1.55 bits per heavy atom. The van der Waals surface area contributed by atoms with Gasteiger partial charge in [-0.3, -0.25) is 0 Å². The molecule has 166 valence electrons. The summed E-state index contributed by atoms with van der Waals surface area (Å²) in [6, 6.07) is 4.49. The number of hydrogen-bond donors (Lipinski definition) is 8. The van der Waals surface area contributed by atoms with Crippen LogP contribution in [0, 0.1) is 0 Å². The maximum absolute atomic E-state index is 10.2. The summed E-state index contributed by atoms with van der Waals surface area (Å²) in [6.45, 7) is -0.570. The molecule has 31 heavy (non-hydrogen) atoms. The van der Waals surface area contributed by atoms with Gasteiger partial charge in [0.25, 0.3) is 0 Å². The molecule has 1 unspecified atom stereocenters. The fourth-order valence-corrected chi connectivity index (χ4v) is 3.45. The van der Waals surface area contributed by atoms with Gasteiger partial charge in [0, 0.05) is 17.7 Å². The lowest BCUT2D eigenvalue weighted by atomic mass is 10.0. The summed E-state index contributed by atoms with van der Waals surface area (Å²) >= 11 is 0. The predicted molar refractivity (Wildman–Crippen MR) is 101 cm³/mol. The molecule has 2 aromatic rings. The number of phenolic OH excluding ortho intramolecular Hbond substituents is 5. The van der Waals surface area contributed by atoms with E-state index in [2.05, 4.69) is 0 Å². The fourth-order valence-electron chi connectivity index (χ4n) is 3.45. The zero-order valence-corrected chi connectivity index (χ0v) is 15.8. The first-order chi connectivity index (χ1) is 14.7. The molecule has 11 heteroatoms. The highest BCUT2D eigenvalue weighted by atomic mass is 16.7. The molecule has 8 N–H and O–H groups in total. The van der Waals surface area contributed by atoms with Gasteiger partial charge in [-0.2, -0.15) is 0 Å².